The lowest BCUT2D eigenvalue weighted by atomic mass is 10.1. The molecule has 0 bridgehead atoms. The Morgan fingerprint density at radius 3 is 2.36 bits per heavy atom. The number of aromatic hydroxyl groups is 1. The van der Waals surface area contributed by atoms with Crippen molar-refractivity contribution in [3.63, 3.8) is 0 Å². The minimum absolute atomic E-state index is 0.0875. The Labute approximate surface area is 172 Å². The van der Waals surface area contributed by atoms with E-state index in [0.29, 0.717) is 17.9 Å². The van der Waals surface area contributed by atoms with Crippen molar-refractivity contribution in [2.75, 3.05) is 27.3 Å². The molecular weight excluding hydrogens is 409 g/mol. The molecule has 0 radical (unpaired) electrons. The van der Waals surface area contributed by atoms with Gasteiger partial charge >= 0.3 is 5.97 Å². The van der Waals surface area contributed by atoms with Crippen molar-refractivity contribution in [2.24, 2.45) is 0 Å². The number of carboxylic acids is 1. The molecule has 0 unspecified atom stereocenters. The van der Waals surface area contributed by atoms with Crippen LogP contribution in [0.25, 0.3) is 0 Å². The number of carboxylic acid groups (broad SMARTS) is 1. The first-order chi connectivity index (χ1) is 13.3. The normalized spacial score (nSPS) is 10.4. The molecule has 0 aromatic heterocycles. The van der Waals surface area contributed by atoms with Crippen molar-refractivity contribution in [3.05, 3.63) is 51.5 Å². The molecule has 28 heavy (non-hydrogen) atoms. The molecule has 1 amide bonds. The summed E-state index contributed by atoms with van der Waals surface area (Å²) in [6.45, 7) is -0.458. The lowest BCUT2D eigenvalue weighted by Gasteiger charge is -2.22. The van der Waals surface area contributed by atoms with Gasteiger partial charge in [-0.2, -0.15) is 0 Å². The lowest BCUT2D eigenvalue weighted by molar-refractivity contribution is -0.137. The molecule has 7 nitrogen and oxygen atoms in total. The molecule has 9 heteroatoms. The number of hydrogen-bond donors (Lipinski definition) is 2. The van der Waals surface area contributed by atoms with Crippen LogP contribution in [0.4, 0.5) is 0 Å². The van der Waals surface area contributed by atoms with E-state index >= 15 is 0 Å². The van der Waals surface area contributed by atoms with E-state index in [9.17, 15) is 14.7 Å². The van der Waals surface area contributed by atoms with Gasteiger partial charge < -0.3 is 24.6 Å². The van der Waals surface area contributed by atoms with Crippen molar-refractivity contribution in [3.8, 4) is 17.2 Å². The largest absolute Gasteiger partial charge is 0.506 e. The van der Waals surface area contributed by atoms with Crippen molar-refractivity contribution >= 4 is 35.1 Å². The maximum atomic E-state index is 12.8. The third-order valence-corrected chi connectivity index (χ3v) is 4.50. The molecule has 0 spiro atoms. The Bertz CT molecular complexity index is 887. The second-order valence-corrected chi connectivity index (χ2v) is 6.69. The summed E-state index contributed by atoms with van der Waals surface area (Å²) in [7, 11) is 3.03. The van der Waals surface area contributed by atoms with Crippen LogP contribution in [0.15, 0.2) is 30.3 Å². The van der Waals surface area contributed by atoms with Crippen molar-refractivity contribution < 1.29 is 29.3 Å². The first-order valence-corrected chi connectivity index (χ1v) is 8.92. The summed E-state index contributed by atoms with van der Waals surface area (Å²) in [4.78, 5) is 25.1. The molecule has 0 aliphatic rings. The van der Waals surface area contributed by atoms with Gasteiger partial charge in [0.05, 0.1) is 24.8 Å². The van der Waals surface area contributed by atoms with Crippen LogP contribution in [-0.2, 0) is 11.2 Å². The van der Waals surface area contributed by atoms with E-state index in [2.05, 4.69) is 0 Å². The van der Waals surface area contributed by atoms with Gasteiger partial charge in [-0.15, -0.1) is 0 Å². The van der Waals surface area contributed by atoms with Gasteiger partial charge in [0.25, 0.3) is 5.91 Å². The second-order valence-electron chi connectivity index (χ2n) is 5.84. The molecule has 0 saturated carbocycles. The van der Waals surface area contributed by atoms with Gasteiger partial charge in [0.15, 0.2) is 11.5 Å². The number of methoxy groups -OCH3 is 2. The Balaban J connectivity index is 2.25. The van der Waals surface area contributed by atoms with E-state index < -0.39 is 24.2 Å². The van der Waals surface area contributed by atoms with E-state index in [4.69, 9.17) is 37.8 Å². The van der Waals surface area contributed by atoms with Gasteiger partial charge in [-0.3, -0.25) is 9.59 Å². The number of nitrogens with zero attached hydrogens (tertiary/aromatic N) is 1. The van der Waals surface area contributed by atoms with Gasteiger partial charge in [-0.05, 0) is 36.2 Å². The van der Waals surface area contributed by atoms with Gasteiger partial charge in [0.2, 0.25) is 0 Å². The van der Waals surface area contributed by atoms with Gasteiger partial charge in [0.1, 0.15) is 12.3 Å². The molecule has 2 aromatic carbocycles. The standard InChI is InChI=1S/C19H19Cl2NO6/c1-27-15-4-3-11(7-16(15)28-2)5-6-22(10-17(23)24)19(26)13-8-12(20)9-14(21)18(13)25/h3-4,7-9,25H,5-6,10H2,1-2H3,(H,23,24). The van der Waals surface area contributed by atoms with Gasteiger partial charge in [-0.1, -0.05) is 29.3 Å². The topological polar surface area (TPSA) is 96.3 Å². The summed E-state index contributed by atoms with van der Waals surface area (Å²) in [5, 5.41) is 19.3. The number of benzene rings is 2. The summed E-state index contributed by atoms with van der Waals surface area (Å²) in [6.07, 6.45) is 0.356. The number of phenols is 1. The summed E-state index contributed by atoms with van der Waals surface area (Å²) in [5.41, 5.74) is 0.653. The number of amides is 1. The third-order valence-electron chi connectivity index (χ3n) is 3.99. The van der Waals surface area contributed by atoms with Gasteiger partial charge in [-0.25, -0.2) is 0 Å². The first-order valence-electron chi connectivity index (χ1n) is 8.16. The molecule has 150 valence electrons. The number of phenolic OH excluding ortho intramolecular Hbond substituents is 1. The number of rotatable bonds is 8. The van der Waals surface area contributed by atoms with Crippen LogP contribution in [0, 0.1) is 0 Å². The van der Waals surface area contributed by atoms with E-state index in [0.717, 1.165) is 10.5 Å². The fourth-order valence-corrected chi connectivity index (χ4v) is 3.11. The predicted octanol–water partition coefficient (Wildman–Crippen LogP) is 3.49. The summed E-state index contributed by atoms with van der Waals surface area (Å²) >= 11 is 11.8. The predicted molar refractivity (Wildman–Crippen MR) is 105 cm³/mol. The average molecular weight is 428 g/mol. The van der Waals surface area contributed by atoms with Gasteiger partial charge in [0, 0.05) is 11.6 Å². The molecule has 2 N–H and O–H groups in total. The molecule has 0 heterocycles. The van der Waals surface area contributed by atoms with E-state index in [1.54, 1.807) is 18.2 Å². The number of ether oxygens (including phenoxy) is 2. The van der Waals surface area contributed by atoms with E-state index in [1.807, 2.05) is 0 Å². The highest BCUT2D eigenvalue weighted by Crippen LogP contribution is 2.32. The van der Waals surface area contributed by atoms with Crippen LogP contribution in [0.2, 0.25) is 10.0 Å². The molecule has 0 saturated heterocycles. The van der Waals surface area contributed by atoms with Crippen LogP contribution in [0.3, 0.4) is 0 Å². The number of halogens is 2. The van der Waals surface area contributed by atoms with Crippen LogP contribution in [0.1, 0.15) is 15.9 Å². The molecule has 2 aromatic rings. The van der Waals surface area contributed by atoms with Crippen molar-refractivity contribution in [2.45, 2.75) is 6.42 Å². The molecule has 0 atom stereocenters. The molecule has 2 rings (SSSR count). The quantitative estimate of drug-likeness (QED) is 0.669. The van der Waals surface area contributed by atoms with Crippen molar-refractivity contribution in [1.29, 1.82) is 0 Å². The van der Waals surface area contributed by atoms with E-state index in [1.165, 1.54) is 26.4 Å². The molecular formula is C19H19Cl2NO6. The number of hydrogen-bond acceptors (Lipinski definition) is 5. The molecule has 0 aliphatic heterocycles. The average Bonchev–Trinajstić information content (AvgIpc) is 2.66. The van der Waals surface area contributed by atoms with Crippen molar-refractivity contribution in [1.82, 2.24) is 4.90 Å². The van der Waals surface area contributed by atoms with Crippen LogP contribution < -0.4 is 9.47 Å². The number of carbonyl (C=O) groups excluding carboxylic acids is 1. The Morgan fingerprint density at radius 2 is 1.75 bits per heavy atom. The zero-order valence-electron chi connectivity index (χ0n) is 15.2. The maximum absolute atomic E-state index is 12.8. The highest BCUT2D eigenvalue weighted by Gasteiger charge is 2.23. The van der Waals surface area contributed by atoms with Crippen LogP contribution in [0.5, 0.6) is 17.2 Å². The highest BCUT2D eigenvalue weighted by atomic mass is 35.5. The monoisotopic (exact) mass is 427 g/mol. The SMILES string of the molecule is COc1ccc(CCN(CC(=O)O)C(=O)c2cc(Cl)cc(Cl)c2O)cc1OC. The van der Waals surface area contributed by atoms with E-state index in [-0.39, 0.29) is 22.2 Å². The Kier molecular flexibility index (Phi) is 7.37. The molecule has 0 aliphatic carbocycles. The minimum atomic E-state index is -1.19. The molecule has 0 fully saturated rings. The maximum Gasteiger partial charge on any atom is 0.323 e. The smallest absolute Gasteiger partial charge is 0.323 e. The third kappa shape index (κ3) is 5.21. The number of aliphatic carboxylic acids is 1. The fraction of sp³-hybridized carbons (Fsp3) is 0.263. The zero-order chi connectivity index (χ0) is 20.8. The Hall–Kier alpha value is -2.64. The second kappa shape index (κ2) is 9.52. The summed E-state index contributed by atoms with van der Waals surface area (Å²) in [5.74, 6) is -1.24. The minimum Gasteiger partial charge on any atom is -0.506 e. The fourth-order valence-electron chi connectivity index (χ4n) is 2.62. The summed E-state index contributed by atoms with van der Waals surface area (Å²) < 4.78 is 10.4. The number of carbonyl (C=O) groups is 2. The first kappa shape index (κ1) is 21.7. The highest BCUT2D eigenvalue weighted by molar-refractivity contribution is 6.36. The lowest BCUT2D eigenvalue weighted by Crippen LogP contribution is -2.37. The Morgan fingerprint density at radius 1 is 1.07 bits per heavy atom. The zero-order valence-corrected chi connectivity index (χ0v) is 16.8. The van der Waals surface area contributed by atoms with Crippen LogP contribution in [-0.4, -0.2) is 54.3 Å². The van der Waals surface area contributed by atoms with Crippen LogP contribution >= 0.6 is 23.2 Å². The summed E-state index contributed by atoms with van der Waals surface area (Å²) in [6, 6.07) is 7.80.